The maximum absolute atomic E-state index is 5.66. The van der Waals surface area contributed by atoms with Crippen molar-refractivity contribution in [1.82, 2.24) is 9.80 Å². The van der Waals surface area contributed by atoms with Gasteiger partial charge in [-0.15, -0.1) is 0 Å². The van der Waals surface area contributed by atoms with Crippen LogP contribution in [0.25, 0.3) is 0 Å². The van der Waals surface area contributed by atoms with E-state index in [4.69, 9.17) is 13.9 Å². The molecule has 0 unspecified atom stereocenters. The number of rotatable bonds is 3. The van der Waals surface area contributed by atoms with Crippen molar-refractivity contribution >= 4 is 0 Å². The van der Waals surface area contributed by atoms with E-state index in [0.29, 0.717) is 24.8 Å². The largest absolute Gasteiger partial charge is 0.468 e. The number of piperidine rings is 3. The lowest BCUT2D eigenvalue weighted by atomic mass is 9.75. The number of furan rings is 1. The second-order valence-corrected chi connectivity index (χ2v) is 8.08. The van der Waals surface area contributed by atoms with Crippen LogP contribution < -0.4 is 9.47 Å². The Bertz CT molecular complexity index is 798. The summed E-state index contributed by atoms with van der Waals surface area (Å²) >= 11 is 0. The van der Waals surface area contributed by atoms with Crippen molar-refractivity contribution in [2.45, 2.75) is 37.4 Å². The van der Waals surface area contributed by atoms with Crippen LogP contribution in [-0.4, -0.2) is 48.3 Å². The fraction of sp³-hybridized carbons (Fsp3) is 0.524. The summed E-state index contributed by atoms with van der Waals surface area (Å²) in [5, 5.41) is 0. The average molecular weight is 352 g/mol. The van der Waals surface area contributed by atoms with E-state index < -0.39 is 0 Å². The molecule has 0 saturated carbocycles. The van der Waals surface area contributed by atoms with Crippen LogP contribution in [0, 0.1) is 5.92 Å². The standard InChI is InChI=1S/C21H24N2O3/c1-2-16(24-9-1)11-23-12-17(15-3-4-18-19(10-15)26-13-25-18)21-20(23)14-5-7-22(21)8-6-14/h1-4,9-10,14,17,20-21H,5-8,11-13H2/t17-,20+,21+/m1/s1. The van der Waals surface area contributed by atoms with Crippen molar-refractivity contribution < 1.29 is 13.9 Å². The normalized spacial score (nSPS) is 35.0. The van der Waals surface area contributed by atoms with Gasteiger partial charge in [0, 0.05) is 24.5 Å². The number of likely N-dealkylation sites (tertiary alicyclic amines) is 1. The Morgan fingerprint density at radius 3 is 2.73 bits per heavy atom. The van der Waals surface area contributed by atoms with E-state index in [1.165, 1.54) is 31.5 Å². The second kappa shape index (κ2) is 5.76. The highest BCUT2D eigenvalue weighted by Crippen LogP contribution is 2.48. The highest BCUT2D eigenvalue weighted by molar-refractivity contribution is 5.46. The molecule has 7 rings (SSSR count). The molecule has 4 fully saturated rings. The molecule has 5 heteroatoms. The quantitative estimate of drug-likeness (QED) is 0.849. The third-order valence-corrected chi connectivity index (χ3v) is 6.86. The molecule has 1 aromatic carbocycles. The van der Waals surface area contributed by atoms with Crippen molar-refractivity contribution in [3.8, 4) is 11.5 Å². The number of benzene rings is 1. The summed E-state index contributed by atoms with van der Waals surface area (Å²) in [5.41, 5.74) is 1.39. The van der Waals surface area contributed by atoms with E-state index in [2.05, 4.69) is 34.1 Å². The fourth-order valence-corrected chi connectivity index (χ4v) is 5.76. The van der Waals surface area contributed by atoms with Gasteiger partial charge in [0.2, 0.25) is 6.79 Å². The van der Waals surface area contributed by atoms with Crippen molar-refractivity contribution in [2.75, 3.05) is 26.4 Å². The van der Waals surface area contributed by atoms with Gasteiger partial charge < -0.3 is 13.9 Å². The zero-order valence-electron chi connectivity index (χ0n) is 14.8. The van der Waals surface area contributed by atoms with Crippen molar-refractivity contribution in [2.24, 2.45) is 5.92 Å². The topological polar surface area (TPSA) is 38.1 Å². The van der Waals surface area contributed by atoms with Gasteiger partial charge in [0.15, 0.2) is 11.5 Å². The third kappa shape index (κ3) is 2.23. The van der Waals surface area contributed by atoms with Gasteiger partial charge in [-0.05, 0) is 61.7 Å². The minimum absolute atomic E-state index is 0.342. The summed E-state index contributed by atoms with van der Waals surface area (Å²) in [6.45, 7) is 4.85. The van der Waals surface area contributed by atoms with Gasteiger partial charge in [-0.1, -0.05) is 6.07 Å². The van der Waals surface area contributed by atoms with E-state index in [1.54, 1.807) is 6.26 Å². The number of fused-ring (bicyclic) bond motifs is 3. The summed E-state index contributed by atoms with van der Waals surface area (Å²) < 4.78 is 16.8. The third-order valence-electron chi connectivity index (χ3n) is 6.86. The Labute approximate surface area is 153 Å². The van der Waals surface area contributed by atoms with Crippen LogP contribution >= 0.6 is 0 Å². The molecule has 2 aromatic rings. The fourth-order valence-electron chi connectivity index (χ4n) is 5.76. The lowest BCUT2D eigenvalue weighted by Gasteiger charge is -2.51. The van der Waals surface area contributed by atoms with Crippen LogP contribution in [0.1, 0.15) is 30.1 Å². The van der Waals surface area contributed by atoms with Gasteiger partial charge >= 0.3 is 0 Å². The molecular weight excluding hydrogens is 328 g/mol. The van der Waals surface area contributed by atoms with Gasteiger partial charge in [-0.2, -0.15) is 0 Å². The van der Waals surface area contributed by atoms with E-state index in [0.717, 1.165) is 36.3 Å². The lowest BCUT2D eigenvalue weighted by molar-refractivity contribution is -0.0102. The zero-order chi connectivity index (χ0) is 17.1. The second-order valence-electron chi connectivity index (χ2n) is 8.08. The highest BCUT2D eigenvalue weighted by Gasteiger charge is 2.53. The lowest BCUT2D eigenvalue weighted by Crippen LogP contribution is -2.59. The summed E-state index contributed by atoms with van der Waals surface area (Å²) in [5.74, 6) is 4.19. The van der Waals surface area contributed by atoms with Crippen LogP contribution in [0.5, 0.6) is 11.5 Å². The van der Waals surface area contributed by atoms with E-state index in [9.17, 15) is 0 Å². The van der Waals surface area contributed by atoms with E-state index in [-0.39, 0.29) is 0 Å². The summed E-state index contributed by atoms with van der Waals surface area (Å²) in [6.07, 6.45) is 4.46. The summed E-state index contributed by atoms with van der Waals surface area (Å²) in [6, 6.07) is 11.9. The van der Waals surface area contributed by atoms with E-state index >= 15 is 0 Å². The molecule has 136 valence electrons. The molecule has 5 nitrogen and oxygen atoms in total. The van der Waals surface area contributed by atoms with Gasteiger partial charge in [-0.25, -0.2) is 0 Å². The molecule has 26 heavy (non-hydrogen) atoms. The summed E-state index contributed by atoms with van der Waals surface area (Å²) in [7, 11) is 0. The Morgan fingerprint density at radius 2 is 1.88 bits per heavy atom. The number of hydrogen-bond acceptors (Lipinski definition) is 5. The molecule has 5 aliphatic rings. The van der Waals surface area contributed by atoms with E-state index in [1.807, 2.05) is 6.07 Å². The first-order valence-electron chi connectivity index (χ1n) is 9.77. The minimum Gasteiger partial charge on any atom is -0.468 e. The Balaban J connectivity index is 1.36. The Kier molecular flexibility index (Phi) is 3.35. The number of nitrogens with zero attached hydrogens (tertiary/aromatic N) is 2. The van der Waals surface area contributed by atoms with Crippen LogP contribution in [0.3, 0.4) is 0 Å². The molecular formula is C21H24N2O3. The smallest absolute Gasteiger partial charge is 0.231 e. The molecule has 0 amide bonds. The van der Waals surface area contributed by atoms with Crippen LogP contribution in [0.2, 0.25) is 0 Å². The summed E-state index contributed by atoms with van der Waals surface area (Å²) in [4.78, 5) is 5.41. The predicted octanol–water partition coefficient (Wildman–Crippen LogP) is 3.07. The van der Waals surface area contributed by atoms with Crippen molar-refractivity contribution in [3.63, 3.8) is 0 Å². The monoisotopic (exact) mass is 352 g/mol. The van der Waals surface area contributed by atoms with Crippen molar-refractivity contribution in [3.05, 3.63) is 47.9 Å². The molecule has 2 bridgehead atoms. The molecule has 0 N–H and O–H groups in total. The predicted molar refractivity (Wildman–Crippen MR) is 96.3 cm³/mol. The molecule has 1 aromatic heterocycles. The molecule has 5 aliphatic heterocycles. The molecule has 4 saturated heterocycles. The Morgan fingerprint density at radius 1 is 1.00 bits per heavy atom. The van der Waals surface area contributed by atoms with Crippen LogP contribution in [-0.2, 0) is 6.54 Å². The van der Waals surface area contributed by atoms with Gasteiger partial charge in [-0.3, -0.25) is 9.80 Å². The Hall–Kier alpha value is -1.98. The molecule has 0 spiro atoms. The molecule has 3 atom stereocenters. The maximum atomic E-state index is 5.66. The number of ether oxygens (including phenoxy) is 2. The molecule has 6 heterocycles. The van der Waals surface area contributed by atoms with Gasteiger partial charge in [0.05, 0.1) is 12.8 Å². The highest BCUT2D eigenvalue weighted by atomic mass is 16.7. The number of hydrogen-bond donors (Lipinski definition) is 0. The SMILES string of the molecule is c1coc(CN2C[C@H](c3ccc4c(c3)OCO4)[C@H]3[C@@H]2C2CCN3CC2)c1. The van der Waals surface area contributed by atoms with Gasteiger partial charge in [0.1, 0.15) is 5.76 Å². The van der Waals surface area contributed by atoms with Crippen LogP contribution in [0.15, 0.2) is 41.0 Å². The average Bonchev–Trinajstić information content (AvgIpc) is 3.43. The first-order valence-corrected chi connectivity index (χ1v) is 9.77. The van der Waals surface area contributed by atoms with Gasteiger partial charge in [0.25, 0.3) is 0 Å². The zero-order valence-corrected chi connectivity index (χ0v) is 14.8. The molecule has 0 aliphatic carbocycles. The molecule has 0 radical (unpaired) electrons. The maximum Gasteiger partial charge on any atom is 0.231 e. The first-order chi connectivity index (χ1) is 12.9. The van der Waals surface area contributed by atoms with Crippen LogP contribution in [0.4, 0.5) is 0 Å². The minimum atomic E-state index is 0.342. The van der Waals surface area contributed by atoms with Crippen molar-refractivity contribution in [1.29, 1.82) is 0 Å². The first kappa shape index (κ1) is 15.1.